The van der Waals surface area contributed by atoms with Gasteiger partial charge >= 0.3 is 6.03 Å². The standard InChI is InChI=1S/C12H20N4OS/c1-3-15-4-6-16(7-5-15)12(17)13-8-11-14-10(2)9-18-11/h9H,3-8H2,1-2H3,(H,13,17). The molecule has 1 aliphatic rings. The zero-order valence-electron chi connectivity index (χ0n) is 11.0. The van der Waals surface area contributed by atoms with Crippen molar-refractivity contribution in [2.24, 2.45) is 0 Å². The molecule has 0 aromatic carbocycles. The summed E-state index contributed by atoms with van der Waals surface area (Å²) in [6.07, 6.45) is 0. The predicted molar refractivity (Wildman–Crippen MR) is 72.8 cm³/mol. The van der Waals surface area contributed by atoms with Gasteiger partial charge in [0.25, 0.3) is 0 Å². The number of likely N-dealkylation sites (N-methyl/N-ethyl adjacent to an activating group) is 1. The molecule has 1 aliphatic heterocycles. The molecule has 5 nitrogen and oxygen atoms in total. The highest BCUT2D eigenvalue weighted by Gasteiger charge is 2.19. The second-order valence-corrected chi connectivity index (χ2v) is 5.41. The number of carbonyl (C=O) groups is 1. The quantitative estimate of drug-likeness (QED) is 0.899. The van der Waals surface area contributed by atoms with Crippen molar-refractivity contribution < 1.29 is 4.79 Å². The Morgan fingerprint density at radius 3 is 2.72 bits per heavy atom. The van der Waals surface area contributed by atoms with Crippen LogP contribution >= 0.6 is 11.3 Å². The molecule has 2 heterocycles. The molecule has 0 atom stereocenters. The van der Waals surface area contributed by atoms with Gasteiger partial charge in [0.15, 0.2) is 0 Å². The maximum absolute atomic E-state index is 11.9. The van der Waals surface area contributed by atoms with E-state index < -0.39 is 0 Å². The van der Waals surface area contributed by atoms with Crippen molar-refractivity contribution in [1.82, 2.24) is 20.1 Å². The van der Waals surface area contributed by atoms with E-state index in [1.807, 2.05) is 17.2 Å². The average molecular weight is 268 g/mol. The number of aromatic nitrogens is 1. The molecule has 1 aromatic rings. The summed E-state index contributed by atoms with van der Waals surface area (Å²) < 4.78 is 0. The van der Waals surface area contributed by atoms with Gasteiger partial charge in [-0.25, -0.2) is 9.78 Å². The molecule has 0 radical (unpaired) electrons. The largest absolute Gasteiger partial charge is 0.331 e. The van der Waals surface area contributed by atoms with Crippen LogP contribution in [0.3, 0.4) is 0 Å². The van der Waals surface area contributed by atoms with Crippen LogP contribution in [-0.4, -0.2) is 53.5 Å². The van der Waals surface area contributed by atoms with Crippen molar-refractivity contribution in [1.29, 1.82) is 0 Å². The van der Waals surface area contributed by atoms with E-state index in [2.05, 4.69) is 22.1 Å². The summed E-state index contributed by atoms with van der Waals surface area (Å²) in [5.74, 6) is 0. The van der Waals surface area contributed by atoms with Gasteiger partial charge in [-0.15, -0.1) is 11.3 Å². The van der Waals surface area contributed by atoms with Gasteiger partial charge in [0.05, 0.1) is 6.54 Å². The van der Waals surface area contributed by atoms with Crippen molar-refractivity contribution in [2.45, 2.75) is 20.4 Å². The zero-order chi connectivity index (χ0) is 13.0. The number of carbonyl (C=O) groups excluding carboxylic acids is 1. The summed E-state index contributed by atoms with van der Waals surface area (Å²) in [7, 11) is 0. The first-order valence-corrected chi connectivity index (χ1v) is 7.23. The molecule has 6 heteroatoms. The third-order valence-corrected chi connectivity index (χ3v) is 4.13. The van der Waals surface area contributed by atoms with Crippen molar-refractivity contribution in [2.75, 3.05) is 32.7 Å². The number of amides is 2. The first-order valence-electron chi connectivity index (χ1n) is 6.35. The van der Waals surface area contributed by atoms with Crippen molar-refractivity contribution in [3.63, 3.8) is 0 Å². The van der Waals surface area contributed by atoms with Gasteiger partial charge in [-0.05, 0) is 13.5 Å². The Balaban J connectivity index is 1.75. The summed E-state index contributed by atoms with van der Waals surface area (Å²) in [4.78, 5) is 20.5. The molecule has 1 saturated heterocycles. The van der Waals surface area contributed by atoms with Gasteiger partial charge < -0.3 is 15.1 Å². The fourth-order valence-electron chi connectivity index (χ4n) is 2.01. The van der Waals surface area contributed by atoms with Crippen LogP contribution in [0.4, 0.5) is 4.79 Å². The second kappa shape index (κ2) is 6.15. The second-order valence-electron chi connectivity index (χ2n) is 4.46. The Bertz CT molecular complexity index is 399. The number of hydrogen-bond donors (Lipinski definition) is 1. The van der Waals surface area contributed by atoms with Crippen LogP contribution in [0, 0.1) is 6.92 Å². The maximum atomic E-state index is 11.9. The minimum absolute atomic E-state index is 0.0265. The van der Waals surface area contributed by atoms with Crippen LogP contribution in [0.1, 0.15) is 17.6 Å². The topological polar surface area (TPSA) is 48.5 Å². The van der Waals surface area contributed by atoms with Crippen molar-refractivity contribution in [3.8, 4) is 0 Å². The lowest BCUT2D eigenvalue weighted by molar-refractivity contribution is 0.142. The number of nitrogens with one attached hydrogen (secondary N) is 1. The Morgan fingerprint density at radius 1 is 1.44 bits per heavy atom. The SMILES string of the molecule is CCN1CCN(C(=O)NCc2nc(C)cs2)CC1. The number of piperazine rings is 1. The number of thiazole rings is 1. The first kappa shape index (κ1) is 13.3. The molecule has 0 spiro atoms. The van der Waals surface area contributed by atoms with E-state index in [0.29, 0.717) is 6.54 Å². The Labute approximate surface area is 112 Å². The molecule has 0 aliphatic carbocycles. The van der Waals surface area contributed by atoms with Gasteiger partial charge in [-0.2, -0.15) is 0 Å². The summed E-state index contributed by atoms with van der Waals surface area (Å²) in [5, 5.41) is 5.90. The Kier molecular flexibility index (Phi) is 4.54. The fourth-order valence-corrected chi connectivity index (χ4v) is 2.73. The average Bonchev–Trinajstić information content (AvgIpc) is 2.82. The highest BCUT2D eigenvalue weighted by atomic mass is 32.1. The van der Waals surface area contributed by atoms with Gasteiger partial charge in [-0.1, -0.05) is 6.92 Å². The molecular formula is C12H20N4OS. The molecule has 0 unspecified atom stereocenters. The summed E-state index contributed by atoms with van der Waals surface area (Å²) in [6.45, 7) is 9.29. The fraction of sp³-hybridized carbons (Fsp3) is 0.667. The predicted octanol–water partition coefficient (Wildman–Crippen LogP) is 1.30. The van der Waals surface area contributed by atoms with E-state index in [0.717, 1.165) is 43.4 Å². The molecule has 18 heavy (non-hydrogen) atoms. The monoisotopic (exact) mass is 268 g/mol. The molecular weight excluding hydrogens is 248 g/mol. The number of rotatable bonds is 3. The Hall–Kier alpha value is -1.14. The lowest BCUT2D eigenvalue weighted by Crippen LogP contribution is -2.51. The number of hydrogen-bond acceptors (Lipinski definition) is 4. The first-order chi connectivity index (χ1) is 8.69. The summed E-state index contributed by atoms with van der Waals surface area (Å²) in [5.41, 5.74) is 1.01. The molecule has 2 rings (SSSR count). The molecule has 0 saturated carbocycles. The highest BCUT2D eigenvalue weighted by Crippen LogP contribution is 2.08. The number of aryl methyl sites for hydroxylation is 1. The smallest absolute Gasteiger partial charge is 0.317 e. The molecule has 1 N–H and O–H groups in total. The van der Waals surface area contributed by atoms with Gasteiger partial charge in [0, 0.05) is 37.3 Å². The van der Waals surface area contributed by atoms with E-state index in [-0.39, 0.29) is 6.03 Å². The highest BCUT2D eigenvalue weighted by molar-refractivity contribution is 7.09. The third-order valence-electron chi connectivity index (χ3n) is 3.16. The van der Waals surface area contributed by atoms with E-state index in [4.69, 9.17) is 0 Å². The lowest BCUT2D eigenvalue weighted by Gasteiger charge is -2.33. The van der Waals surface area contributed by atoms with Crippen LogP contribution in [-0.2, 0) is 6.54 Å². The van der Waals surface area contributed by atoms with Crippen LogP contribution < -0.4 is 5.32 Å². The normalized spacial score (nSPS) is 16.9. The van der Waals surface area contributed by atoms with Crippen LogP contribution in [0.2, 0.25) is 0 Å². The molecule has 0 bridgehead atoms. The molecule has 1 aromatic heterocycles. The van der Waals surface area contributed by atoms with Crippen LogP contribution in [0.5, 0.6) is 0 Å². The molecule has 2 amide bonds. The number of urea groups is 1. The minimum Gasteiger partial charge on any atom is -0.331 e. The van der Waals surface area contributed by atoms with Crippen LogP contribution in [0.15, 0.2) is 5.38 Å². The van der Waals surface area contributed by atoms with Gasteiger partial charge in [-0.3, -0.25) is 0 Å². The van der Waals surface area contributed by atoms with Crippen molar-refractivity contribution >= 4 is 17.4 Å². The lowest BCUT2D eigenvalue weighted by atomic mass is 10.3. The van der Waals surface area contributed by atoms with E-state index in [9.17, 15) is 4.79 Å². The summed E-state index contributed by atoms with van der Waals surface area (Å²) >= 11 is 1.59. The van der Waals surface area contributed by atoms with E-state index >= 15 is 0 Å². The zero-order valence-corrected chi connectivity index (χ0v) is 11.8. The Morgan fingerprint density at radius 2 is 2.17 bits per heavy atom. The van der Waals surface area contributed by atoms with Gasteiger partial charge in [0.1, 0.15) is 5.01 Å². The van der Waals surface area contributed by atoms with Crippen LogP contribution in [0.25, 0.3) is 0 Å². The number of nitrogens with zero attached hydrogens (tertiary/aromatic N) is 3. The summed E-state index contributed by atoms with van der Waals surface area (Å²) in [6, 6.07) is 0.0265. The maximum Gasteiger partial charge on any atom is 0.317 e. The van der Waals surface area contributed by atoms with Crippen molar-refractivity contribution in [3.05, 3.63) is 16.1 Å². The third kappa shape index (κ3) is 3.43. The van der Waals surface area contributed by atoms with E-state index in [1.54, 1.807) is 11.3 Å². The molecule has 1 fully saturated rings. The van der Waals surface area contributed by atoms with Gasteiger partial charge in [0.2, 0.25) is 0 Å². The molecule has 100 valence electrons. The van der Waals surface area contributed by atoms with E-state index in [1.165, 1.54) is 0 Å². The minimum atomic E-state index is 0.0265.